The molecule has 0 radical (unpaired) electrons. The van der Waals surface area contributed by atoms with Crippen LogP contribution in [0.2, 0.25) is 0 Å². The van der Waals surface area contributed by atoms with E-state index in [-0.39, 0.29) is 0 Å². The van der Waals surface area contributed by atoms with Crippen molar-refractivity contribution in [3.63, 3.8) is 0 Å². The normalized spacial score (nSPS) is 50.8. The van der Waals surface area contributed by atoms with Crippen molar-refractivity contribution in [2.24, 2.45) is 11.3 Å². The average molecular weight is 150 g/mol. The second kappa shape index (κ2) is 1.71. The zero-order valence-electron chi connectivity index (χ0n) is 6.97. The Labute approximate surface area is 67.4 Å². The summed E-state index contributed by atoms with van der Waals surface area (Å²) in [5, 5.41) is 0. The van der Waals surface area contributed by atoms with Gasteiger partial charge in [0.1, 0.15) is 0 Å². The minimum atomic E-state index is 0.607. The molecule has 2 fully saturated rings. The standard InChI is InChI=1S/C10H14O/c1-2-11-9-6-10(9)7-3-4-8(10)5-7/h3,8-9H,2,4-6H2,1H3. The van der Waals surface area contributed by atoms with Gasteiger partial charge in [0.15, 0.2) is 0 Å². The van der Waals surface area contributed by atoms with Crippen LogP contribution in [-0.2, 0) is 4.74 Å². The first-order valence-electron chi connectivity index (χ1n) is 4.69. The summed E-state index contributed by atoms with van der Waals surface area (Å²) in [4.78, 5) is 0. The first-order chi connectivity index (χ1) is 5.38. The van der Waals surface area contributed by atoms with Gasteiger partial charge in [0, 0.05) is 12.0 Å². The Kier molecular flexibility index (Phi) is 0.972. The molecule has 2 saturated carbocycles. The third-order valence-electron chi connectivity index (χ3n) is 3.75. The molecular weight excluding hydrogens is 136 g/mol. The number of allylic oxidation sites excluding steroid dienone is 1. The van der Waals surface area contributed by atoms with E-state index in [0.29, 0.717) is 11.5 Å². The summed E-state index contributed by atoms with van der Waals surface area (Å²) < 4.78 is 5.65. The summed E-state index contributed by atoms with van der Waals surface area (Å²) >= 11 is 0. The van der Waals surface area contributed by atoms with Crippen LogP contribution in [0.25, 0.3) is 0 Å². The molecule has 0 aromatic carbocycles. The Hall–Kier alpha value is -0.300. The SMILES string of the molecule is CCOC1CC12C1=CCC2C1. The maximum absolute atomic E-state index is 5.65. The predicted octanol–water partition coefficient (Wildman–Crippen LogP) is 2.13. The summed E-state index contributed by atoms with van der Waals surface area (Å²) in [6, 6.07) is 0. The van der Waals surface area contributed by atoms with Gasteiger partial charge in [-0.3, -0.25) is 0 Å². The largest absolute Gasteiger partial charge is 0.378 e. The molecule has 0 heterocycles. The van der Waals surface area contributed by atoms with Crippen molar-refractivity contribution in [2.75, 3.05) is 6.61 Å². The Morgan fingerprint density at radius 2 is 2.64 bits per heavy atom. The maximum atomic E-state index is 5.65. The van der Waals surface area contributed by atoms with E-state index in [9.17, 15) is 0 Å². The second-order valence-electron chi connectivity index (χ2n) is 4.05. The lowest BCUT2D eigenvalue weighted by atomic mass is 9.71. The smallest absolute Gasteiger partial charge is 0.0681 e. The summed E-state index contributed by atoms with van der Waals surface area (Å²) in [5.74, 6) is 0.981. The molecule has 0 saturated heterocycles. The highest BCUT2D eigenvalue weighted by Crippen LogP contribution is 2.73. The Morgan fingerprint density at radius 1 is 1.73 bits per heavy atom. The van der Waals surface area contributed by atoms with Gasteiger partial charge in [-0.15, -0.1) is 0 Å². The van der Waals surface area contributed by atoms with E-state index in [1.165, 1.54) is 19.3 Å². The van der Waals surface area contributed by atoms with E-state index >= 15 is 0 Å². The van der Waals surface area contributed by atoms with Crippen molar-refractivity contribution in [3.05, 3.63) is 11.6 Å². The van der Waals surface area contributed by atoms with E-state index in [2.05, 4.69) is 13.0 Å². The van der Waals surface area contributed by atoms with Gasteiger partial charge in [-0.25, -0.2) is 0 Å². The van der Waals surface area contributed by atoms with Crippen molar-refractivity contribution < 1.29 is 4.74 Å². The molecule has 1 nitrogen and oxygen atoms in total. The predicted molar refractivity (Wildman–Crippen MR) is 43.3 cm³/mol. The lowest BCUT2D eigenvalue weighted by Crippen LogP contribution is -2.29. The number of fused-ring (bicyclic) bond motifs is 1. The molecular formula is C10H14O. The van der Waals surface area contributed by atoms with Gasteiger partial charge >= 0.3 is 0 Å². The molecule has 1 spiro atoms. The van der Waals surface area contributed by atoms with Crippen LogP contribution in [0, 0.1) is 11.3 Å². The fourth-order valence-electron chi connectivity index (χ4n) is 3.04. The fraction of sp³-hybridized carbons (Fsp3) is 0.800. The molecule has 0 aromatic rings. The lowest BCUT2D eigenvalue weighted by Gasteiger charge is -2.34. The molecule has 4 aliphatic rings. The Balaban J connectivity index is 1.78. The molecule has 4 rings (SSSR count). The van der Waals surface area contributed by atoms with Crippen molar-refractivity contribution >= 4 is 0 Å². The van der Waals surface area contributed by atoms with Gasteiger partial charge in [-0.2, -0.15) is 0 Å². The highest BCUT2D eigenvalue weighted by Gasteiger charge is 2.69. The molecule has 0 amide bonds. The van der Waals surface area contributed by atoms with Crippen molar-refractivity contribution in [3.8, 4) is 0 Å². The number of hydrogen-bond donors (Lipinski definition) is 0. The average Bonchev–Trinajstić information content (AvgIpc) is 2.47. The number of rotatable bonds is 2. The maximum Gasteiger partial charge on any atom is 0.0681 e. The second-order valence-corrected chi connectivity index (χ2v) is 4.05. The molecule has 0 N–H and O–H groups in total. The monoisotopic (exact) mass is 150 g/mol. The van der Waals surface area contributed by atoms with Crippen LogP contribution in [0.15, 0.2) is 11.6 Å². The topological polar surface area (TPSA) is 9.23 Å². The quantitative estimate of drug-likeness (QED) is 0.548. The van der Waals surface area contributed by atoms with Gasteiger partial charge in [0.05, 0.1) is 6.10 Å². The first-order valence-corrected chi connectivity index (χ1v) is 4.69. The van der Waals surface area contributed by atoms with E-state index in [0.717, 1.165) is 12.5 Å². The van der Waals surface area contributed by atoms with Crippen LogP contribution in [0.1, 0.15) is 26.2 Å². The van der Waals surface area contributed by atoms with Gasteiger partial charge in [-0.05, 0) is 32.1 Å². The number of hydrogen-bond acceptors (Lipinski definition) is 1. The summed E-state index contributed by atoms with van der Waals surface area (Å²) in [7, 11) is 0. The molecule has 60 valence electrons. The number of ether oxygens (including phenoxy) is 1. The van der Waals surface area contributed by atoms with Crippen molar-refractivity contribution in [1.82, 2.24) is 0 Å². The Morgan fingerprint density at radius 3 is 3.18 bits per heavy atom. The van der Waals surface area contributed by atoms with Crippen LogP contribution in [-0.4, -0.2) is 12.7 Å². The van der Waals surface area contributed by atoms with E-state index in [1.807, 2.05) is 0 Å². The van der Waals surface area contributed by atoms with Crippen LogP contribution in [0.4, 0.5) is 0 Å². The van der Waals surface area contributed by atoms with Crippen molar-refractivity contribution in [2.45, 2.75) is 32.3 Å². The molecule has 11 heavy (non-hydrogen) atoms. The van der Waals surface area contributed by atoms with Crippen LogP contribution in [0.5, 0.6) is 0 Å². The van der Waals surface area contributed by atoms with E-state index in [4.69, 9.17) is 4.74 Å². The summed E-state index contributed by atoms with van der Waals surface area (Å²) in [6.45, 7) is 2.99. The van der Waals surface area contributed by atoms with Gasteiger partial charge in [0.2, 0.25) is 0 Å². The molecule has 2 bridgehead atoms. The zero-order valence-corrected chi connectivity index (χ0v) is 6.97. The zero-order chi connectivity index (χ0) is 7.47. The fourth-order valence-corrected chi connectivity index (χ4v) is 3.04. The van der Waals surface area contributed by atoms with Gasteiger partial charge in [-0.1, -0.05) is 11.6 Å². The molecule has 0 aromatic heterocycles. The highest BCUT2D eigenvalue weighted by molar-refractivity contribution is 5.42. The Bertz CT molecular complexity index is 229. The van der Waals surface area contributed by atoms with Crippen LogP contribution >= 0.6 is 0 Å². The summed E-state index contributed by atoms with van der Waals surface area (Å²) in [5.41, 5.74) is 2.33. The molecule has 0 aliphatic heterocycles. The molecule has 1 heteroatoms. The van der Waals surface area contributed by atoms with Crippen LogP contribution in [0.3, 0.4) is 0 Å². The lowest BCUT2D eigenvalue weighted by molar-refractivity contribution is 0.0791. The van der Waals surface area contributed by atoms with E-state index in [1.54, 1.807) is 5.57 Å². The van der Waals surface area contributed by atoms with Gasteiger partial charge in [0.25, 0.3) is 0 Å². The molecule has 3 atom stereocenters. The molecule has 3 unspecified atom stereocenters. The minimum Gasteiger partial charge on any atom is -0.378 e. The third kappa shape index (κ3) is 0.538. The third-order valence-corrected chi connectivity index (χ3v) is 3.75. The van der Waals surface area contributed by atoms with Crippen molar-refractivity contribution in [1.29, 1.82) is 0 Å². The van der Waals surface area contributed by atoms with Gasteiger partial charge < -0.3 is 4.74 Å². The summed E-state index contributed by atoms with van der Waals surface area (Å²) in [6.07, 6.45) is 7.13. The highest BCUT2D eigenvalue weighted by atomic mass is 16.5. The molecule has 4 aliphatic carbocycles. The van der Waals surface area contributed by atoms with Crippen LogP contribution < -0.4 is 0 Å². The minimum absolute atomic E-state index is 0.607. The first kappa shape index (κ1) is 6.24. The van der Waals surface area contributed by atoms with E-state index < -0.39 is 0 Å².